The van der Waals surface area contributed by atoms with Gasteiger partial charge in [0.2, 0.25) is 0 Å². The van der Waals surface area contributed by atoms with Crippen LogP contribution in [0.4, 0.5) is 0 Å². The number of benzene rings is 1. The normalized spacial score (nSPS) is 14.8. The predicted octanol–water partition coefficient (Wildman–Crippen LogP) is 1.34. The Morgan fingerprint density at radius 1 is 1.50 bits per heavy atom. The minimum Gasteiger partial charge on any atom is -0.480 e. The monoisotopic (exact) mass is 193 g/mol. The first-order valence-electron chi connectivity index (χ1n) is 4.50. The molecule has 0 heterocycles. The summed E-state index contributed by atoms with van der Waals surface area (Å²) in [4.78, 5) is 10.8. The average molecular weight is 193 g/mol. The molecule has 1 atom stereocenters. The van der Waals surface area contributed by atoms with Crippen LogP contribution in [0.1, 0.15) is 18.1 Å². The highest BCUT2D eigenvalue weighted by Gasteiger charge is 2.28. The van der Waals surface area contributed by atoms with E-state index in [2.05, 4.69) is 0 Å². The lowest BCUT2D eigenvalue weighted by Crippen LogP contribution is -2.46. The van der Waals surface area contributed by atoms with Crippen LogP contribution in [0.2, 0.25) is 0 Å². The van der Waals surface area contributed by atoms with E-state index in [1.807, 2.05) is 31.2 Å². The largest absolute Gasteiger partial charge is 0.480 e. The molecule has 0 aliphatic heterocycles. The summed E-state index contributed by atoms with van der Waals surface area (Å²) >= 11 is 0. The van der Waals surface area contributed by atoms with Gasteiger partial charge in [0.15, 0.2) is 0 Å². The van der Waals surface area contributed by atoms with Gasteiger partial charge in [0.05, 0.1) is 0 Å². The van der Waals surface area contributed by atoms with E-state index in [1.54, 1.807) is 0 Å². The van der Waals surface area contributed by atoms with Gasteiger partial charge < -0.3 is 10.8 Å². The van der Waals surface area contributed by atoms with Crippen molar-refractivity contribution >= 4 is 5.97 Å². The topological polar surface area (TPSA) is 63.3 Å². The summed E-state index contributed by atoms with van der Waals surface area (Å²) in [6.45, 7) is 3.48. The van der Waals surface area contributed by atoms with Gasteiger partial charge in [-0.1, -0.05) is 24.3 Å². The fourth-order valence-electron chi connectivity index (χ4n) is 1.28. The van der Waals surface area contributed by atoms with E-state index < -0.39 is 11.5 Å². The van der Waals surface area contributed by atoms with Crippen molar-refractivity contribution < 1.29 is 9.90 Å². The molecule has 3 N–H and O–H groups in total. The van der Waals surface area contributed by atoms with Gasteiger partial charge in [-0.2, -0.15) is 0 Å². The van der Waals surface area contributed by atoms with Gasteiger partial charge in [-0.05, 0) is 25.0 Å². The van der Waals surface area contributed by atoms with Gasteiger partial charge in [0.25, 0.3) is 0 Å². The van der Waals surface area contributed by atoms with Crippen molar-refractivity contribution in [1.82, 2.24) is 0 Å². The second kappa shape index (κ2) is 3.80. The summed E-state index contributed by atoms with van der Waals surface area (Å²) in [6, 6.07) is 7.67. The Morgan fingerprint density at radius 2 is 2.07 bits per heavy atom. The molecule has 0 bridgehead atoms. The predicted molar refractivity (Wildman–Crippen MR) is 55.1 cm³/mol. The fourth-order valence-corrected chi connectivity index (χ4v) is 1.28. The van der Waals surface area contributed by atoms with Gasteiger partial charge in [-0.3, -0.25) is 4.79 Å². The number of carboxylic acid groups (broad SMARTS) is 1. The first-order chi connectivity index (χ1) is 6.43. The fraction of sp³-hybridized carbons (Fsp3) is 0.364. The van der Waals surface area contributed by atoms with Crippen LogP contribution in [0, 0.1) is 6.92 Å². The van der Waals surface area contributed by atoms with Crippen molar-refractivity contribution in [1.29, 1.82) is 0 Å². The average Bonchev–Trinajstić information content (AvgIpc) is 2.08. The van der Waals surface area contributed by atoms with Crippen molar-refractivity contribution in [3.05, 3.63) is 35.4 Å². The first kappa shape index (κ1) is 10.7. The molecular weight excluding hydrogens is 178 g/mol. The van der Waals surface area contributed by atoms with E-state index in [0.29, 0.717) is 6.42 Å². The minimum atomic E-state index is -1.19. The molecule has 3 nitrogen and oxygen atoms in total. The standard InChI is InChI=1S/C11H15NO2/c1-8-5-3-4-6-9(8)7-11(2,12)10(13)14/h3-6H,7,12H2,1-2H3,(H,13,14)/t11-/m0/s1. The Hall–Kier alpha value is -1.35. The van der Waals surface area contributed by atoms with E-state index in [9.17, 15) is 4.79 Å². The maximum atomic E-state index is 10.8. The Kier molecular flexibility index (Phi) is 2.91. The highest BCUT2D eigenvalue weighted by molar-refractivity contribution is 5.78. The van der Waals surface area contributed by atoms with E-state index in [-0.39, 0.29) is 0 Å². The van der Waals surface area contributed by atoms with Crippen molar-refractivity contribution in [3.63, 3.8) is 0 Å². The lowest BCUT2D eigenvalue weighted by atomic mass is 9.92. The summed E-state index contributed by atoms with van der Waals surface area (Å²) in [6.07, 6.45) is 0.356. The third-order valence-electron chi connectivity index (χ3n) is 2.31. The molecular formula is C11H15NO2. The number of rotatable bonds is 3. The van der Waals surface area contributed by atoms with Crippen LogP contribution in [0.3, 0.4) is 0 Å². The number of carbonyl (C=O) groups is 1. The smallest absolute Gasteiger partial charge is 0.323 e. The maximum absolute atomic E-state index is 10.8. The molecule has 1 aromatic rings. The zero-order chi connectivity index (χ0) is 10.8. The van der Waals surface area contributed by atoms with Crippen LogP contribution in [-0.4, -0.2) is 16.6 Å². The third kappa shape index (κ3) is 2.33. The highest BCUT2D eigenvalue weighted by Crippen LogP contribution is 2.14. The van der Waals surface area contributed by atoms with E-state index in [4.69, 9.17) is 10.8 Å². The molecule has 0 saturated carbocycles. The number of hydrogen-bond acceptors (Lipinski definition) is 2. The molecule has 14 heavy (non-hydrogen) atoms. The molecule has 3 heteroatoms. The molecule has 0 fully saturated rings. The van der Waals surface area contributed by atoms with Crippen molar-refractivity contribution in [2.75, 3.05) is 0 Å². The molecule has 0 unspecified atom stereocenters. The quantitative estimate of drug-likeness (QED) is 0.761. The van der Waals surface area contributed by atoms with Crippen LogP contribution in [0.5, 0.6) is 0 Å². The molecule has 1 rings (SSSR count). The minimum absolute atomic E-state index is 0.356. The third-order valence-corrected chi connectivity index (χ3v) is 2.31. The maximum Gasteiger partial charge on any atom is 0.323 e. The molecule has 0 aliphatic carbocycles. The van der Waals surface area contributed by atoms with E-state index in [1.165, 1.54) is 6.92 Å². The lowest BCUT2D eigenvalue weighted by molar-refractivity contribution is -0.142. The van der Waals surface area contributed by atoms with Crippen LogP contribution >= 0.6 is 0 Å². The van der Waals surface area contributed by atoms with Crippen LogP contribution in [0.15, 0.2) is 24.3 Å². The number of nitrogens with two attached hydrogens (primary N) is 1. The van der Waals surface area contributed by atoms with Crippen LogP contribution in [0.25, 0.3) is 0 Å². The molecule has 0 radical (unpaired) electrons. The molecule has 0 aromatic heterocycles. The van der Waals surface area contributed by atoms with Crippen LogP contribution in [-0.2, 0) is 11.2 Å². The number of carboxylic acids is 1. The summed E-state index contributed by atoms with van der Waals surface area (Å²) in [5.74, 6) is -0.972. The Bertz CT molecular complexity index is 345. The molecule has 1 aromatic carbocycles. The van der Waals surface area contributed by atoms with E-state index >= 15 is 0 Å². The van der Waals surface area contributed by atoms with Gasteiger partial charge in [0, 0.05) is 6.42 Å². The van der Waals surface area contributed by atoms with Gasteiger partial charge in [-0.25, -0.2) is 0 Å². The Morgan fingerprint density at radius 3 is 2.57 bits per heavy atom. The lowest BCUT2D eigenvalue weighted by Gasteiger charge is -2.20. The molecule has 76 valence electrons. The summed E-state index contributed by atoms with van der Waals surface area (Å²) in [5.41, 5.74) is 6.53. The van der Waals surface area contributed by atoms with Gasteiger partial charge >= 0.3 is 5.97 Å². The molecule has 0 spiro atoms. The molecule has 0 amide bonds. The number of aryl methyl sites for hydroxylation is 1. The first-order valence-corrected chi connectivity index (χ1v) is 4.50. The van der Waals surface area contributed by atoms with Crippen molar-refractivity contribution in [2.24, 2.45) is 5.73 Å². The van der Waals surface area contributed by atoms with Gasteiger partial charge in [0.1, 0.15) is 5.54 Å². The van der Waals surface area contributed by atoms with Crippen molar-refractivity contribution in [2.45, 2.75) is 25.8 Å². The second-order valence-electron chi connectivity index (χ2n) is 3.83. The zero-order valence-corrected chi connectivity index (χ0v) is 8.45. The Balaban J connectivity index is 2.89. The van der Waals surface area contributed by atoms with Crippen molar-refractivity contribution in [3.8, 4) is 0 Å². The second-order valence-corrected chi connectivity index (χ2v) is 3.83. The van der Waals surface area contributed by atoms with Gasteiger partial charge in [-0.15, -0.1) is 0 Å². The van der Waals surface area contributed by atoms with Crippen LogP contribution < -0.4 is 5.73 Å². The summed E-state index contributed by atoms with van der Waals surface area (Å²) < 4.78 is 0. The SMILES string of the molecule is Cc1ccccc1C[C@](C)(N)C(=O)O. The molecule has 0 saturated heterocycles. The molecule has 0 aliphatic rings. The summed E-state index contributed by atoms with van der Waals surface area (Å²) in [5, 5.41) is 8.87. The Labute approximate surface area is 83.6 Å². The van der Waals surface area contributed by atoms with E-state index in [0.717, 1.165) is 11.1 Å². The number of hydrogen-bond donors (Lipinski definition) is 2. The summed E-state index contributed by atoms with van der Waals surface area (Å²) in [7, 11) is 0. The zero-order valence-electron chi connectivity index (χ0n) is 8.45. The number of aliphatic carboxylic acids is 1. The highest BCUT2D eigenvalue weighted by atomic mass is 16.4.